The molecule has 0 atom stereocenters. The maximum atomic E-state index is 12.3. The number of nitrogens with zero attached hydrogens (tertiary/aromatic N) is 3. The van der Waals surface area contributed by atoms with E-state index in [0.717, 1.165) is 29.7 Å². The van der Waals surface area contributed by atoms with Crippen molar-refractivity contribution < 1.29 is 14.7 Å². The van der Waals surface area contributed by atoms with Crippen LogP contribution in [0.15, 0.2) is 18.2 Å². The van der Waals surface area contributed by atoms with Gasteiger partial charge in [-0.1, -0.05) is 17.3 Å². The molecule has 0 bridgehead atoms. The molecule has 1 fully saturated rings. The van der Waals surface area contributed by atoms with Crippen molar-refractivity contribution in [1.82, 2.24) is 15.0 Å². The maximum Gasteiger partial charge on any atom is 0.358 e. The SMILES string of the molecule is Cc1cccc(NC(=O)Cn2nnc(C(=O)O)c2C2CC2)c1C. The number of carboxylic acids is 1. The van der Waals surface area contributed by atoms with Gasteiger partial charge in [0.25, 0.3) is 0 Å². The number of hydrogen-bond donors (Lipinski definition) is 2. The predicted molar refractivity (Wildman–Crippen MR) is 83.5 cm³/mol. The van der Waals surface area contributed by atoms with Gasteiger partial charge in [0, 0.05) is 11.6 Å². The van der Waals surface area contributed by atoms with E-state index in [9.17, 15) is 14.7 Å². The number of aromatic carboxylic acids is 1. The summed E-state index contributed by atoms with van der Waals surface area (Å²) in [6.45, 7) is 3.88. The Kier molecular flexibility index (Phi) is 3.85. The van der Waals surface area contributed by atoms with Crippen molar-refractivity contribution >= 4 is 17.6 Å². The third-order valence-corrected chi connectivity index (χ3v) is 4.11. The lowest BCUT2D eigenvalue weighted by Crippen LogP contribution is -2.21. The highest BCUT2D eigenvalue weighted by molar-refractivity contribution is 5.92. The number of amides is 1. The molecule has 1 amide bonds. The smallest absolute Gasteiger partial charge is 0.358 e. The van der Waals surface area contributed by atoms with Gasteiger partial charge in [0.2, 0.25) is 5.91 Å². The zero-order chi connectivity index (χ0) is 16.6. The van der Waals surface area contributed by atoms with Gasteiger partial charge >= 0.3 is 5.97 Å². The number of aryl methyl sites for hydroxylation is 1. The van der Waals surface area contributed by atoms with Crippen LogP contribution < -0.4 is 5.32 Å². The van der Waals surface area contributed by atoms with E-state index in [1.165, 1.54) is 4.68 Å². The molecule has 2 N–H and O–H groups in total. The van der Waals surface area contributed by atoms with E-state index in [0.29, 0.717) is 5.69 Å². The first-order valence-electron chi connectivity index (χ1n) is 7.50. The van der Waals surface area contributed by atoms with Crippen molar-refractivity contribution in [3.8, 4) is 0 Å². The standard InChI is InChI=1S/C16H18N4O3/c1-9-4-3-5-12(10(9)2)17-13(21)8-20-15(11-6-7-11)14(16(22)23)18-19-20/h3-5,11H,6-8H2,1-2H3,(H,17,21)(H,22,23). The highest BCUT2D eigenvalue weighted by atomic mass is 16.4. The Labute approximate surface area is 133 Å². The largest absolute Gasteiger partial charge is 0.476 e. The zero-order valence-corrected chi connectivity index (χ0v) is 13.0. The van der Waals surface area contributed by atoms with Crippen LogP contribution in [-0.2, 0) is 11.3 Å². The Bertz CT molecular complexity index is 778. The Morgan fingerprint density at radius 2 is 2.09 bits per heavy atom. The van der Waals surface area contributed by atoms with E-state index < -0.39 is 5.97 Å². The summed E-state index contributed by atoms with van der Waals surface area (Å²) in [5.74, 6) is -1.21. The minimum Gasteiger partial charge on any atom is -0.476 e. The molecule has 7 nitrogen and oxygen atoms in total. The number of hydrogen-bond acceptors (Lipinski definition) is 4. The number of carbonyl (C=O) groups excluding carboxylic acids is 1. The van der Waals surface area contributed by atoms with Gasteiger partial charge in [-0.3, -0.25) is 4.79 Å². The van der Waals surface area contributed by atoms with Gasteiger partial charge in [0.1, 0.15) is 6.54 Å². The van der Waals surface area contributed by atoms with E-state index in [2.05, 4.69) is 15.6 Å². The number of carbonyl (C=O) groups is 2. The molecule has 0 aliphatic heterocycles. The fourth-order valence-electron chi connectivity index (χ4n) is 2.56. The van der Waals surface area contributed by atoms with Crippen LogP contribution in [-0.4, -0.2) is 32.0 Å². The van der Waals surface area contributed by atoms with Crippen molar-refractivity contribution in [2.45, 2.75) is 39.2 Å². The molecule has 7 heteroatoms. The summed E-state index contributed by atoms with van der Waals surface area (Å²) in [6, 6.07) is 5.70. The lowest BCUT2D eigenvalue weighted by molar-refractivity contribution is -0.117. The highest BCUT2D eigenvalue weighted by Crippen LogP contribution is 2.41. The second kappa shape index (κ2) is 5.83. The van der Waals surface area contributed by atoms with Gasteiger partial charge < -0.3 is 10.4 Å². The number of rotatable bonds is 5. The quantitative estimate of drug-likeness (QED) is 0.881. The summed E-state index contributed by atoms with van der Waals surface area (Å²) in [4.78, 5) is 23.5. The Balaban J connectivity index is 1.78. The van der Waals surface area contributed by atoms with Gasteiger partial charge in [0.05, 0.1) is 5.69 Å². The van der Waals surface area contributed by atoms with Gasteiger partial charge in [-0.2, -0.15) is 0 Å². The topological polar surface area (TPSA) is 97.1 Å². The fraction of sp³-hybridized carbons (Fsp3) is 0.375. The van der Waals surface area contributed by atoms with Crippen molar-refractivity contribution in [3.05, 3.63) is 40.7 Å². The second-order valence-electron chi connectivity index (χ2n) is 5.86. The molecule has 1 aromatic heterocycles. The van der Waals surface area contributed by atoms with Crippen LogP contribution in [0.3, 0.4) is 0 Å². The van der Waals surface area contributed by atoms with Gasteiger partial charge in [-0.05, 0) is 43.9 Å². The molecule has 23 heavy (non-hydrogen) atoms. The van der Waals surface area contributed by atoms with E-state index >= 15 is 0 Å². The predicted octanol–water partition coefficient (Wildman–Crippen LogP) is 2.11. The fourth-order valence-corrected chi connectivity index (χ4v) is 2.56. The van der Waals surface area contributed by atoms with E-state index in [4.69, 9.17) is 0 Å². The van der Waals surface area contributed by atoms with Crippen molar-refractivity contribution in [3.63, 3.8) is 0 Å². The molecular formula is C16H18N4O3. The van der Waals surface area contributed by atoms with Crippen LogP contribution in [0.2, 0.25) is 0 Å². The van der Waals surface area contributed by atoms with Gasteiger partial charge in [-0.15, -0.1) is 5.10 Å². The molecule has 0 spiro atoms. The number of nitrogens with one attached hydrogen (secondary N) is 1. The van der Waals surface area contributed by atoms with E-state index in [-0.39, 0.29) is 24.1 Å². The molecule has 2 aromatic rings. The van der Waals surface area contributed by atoms with E-state index in [1.54, 1.807) is 0 Å². The minimum absolute atomic E-state index is 0.0422. The first-order valence-corrected chi connectivity index (χ1v) is 7.50. The molecule has 3 rings (SSSR count). The minimum atomic E-state index is -1.10. The van der Waals surface area contributed by atoms with Crippen LogP contribution in [0.4, 0.5) is 5.69 Å². The van der Waals surface area contributed by atoms with Crippen molar-refractivity contribution in [1.29, 1.82) is 0 Å². The maximum absolute atomic E-state index is 12.3. The summed E-state index contributed by atoms with van der Waals surface area (Å²) in [6.07, 6.45) is 1.82. The molecule has 1 aliphatic rings. The highest BCUT2D eigenvalue weighted by Gasteiger charge is 2.34. The summed E-state index contributed by atoms with van der Waals surface area (Å²) in [5.41, 5.74) is 3.35. The van der Waals surface area contributed by atoms with E-state index in [1.807, 2.05) is 32.0 Å². The van der Waals surface area contributed by atoms with Crippen LogP contribution in [0, 0.1) is 13.8 Å². The molecule has 120 valence electrons. The average molecular weight is 314 g/mol. The number of aromatic nitrogens is 3. The summed E-state index contributed by atoms with van der Waals surface area (Å²) in [5, 5.41) is 19.6. The second-order valence-corrected chi connectivity index (χ2v) is 5.86. The van der Waals surface area contributed by atoms with Gasteiger partial charge in [-0.25, -0.2) is 9.48 Å². The van der Waals surface area contributed by atoms with Crippen LogP contribution in [0.5, 0.6) is 0 Å². The molecule has 0 saturated heterocycles. The molecule has 0 unspecified atom stereocenters. The lowest BCUT2D eigenvalue weighted by atomic mass is 10.1. The first-order chi connectivity index (χ1) is 11.0. The van der Waals surface area contributed by atoms with Crippen molar-refractivity contribution in [2.75, 3.05) is 5.32 Å². The van der Waals surface area contributed by atoms with Crippen LogP contribution in [0.25, 0.3) is 0 Å². The monoisotopic (exact) mass is 314 g/mol. The lowest BCUT2D eigenvalue weighted by Gasteiger charge is -2.11. The normalized spacial score (nSPS) is 13.8. The number of benzene rings is 1. The molecule has 1 aromatic carbocycles. The first kappa shape index (κ1) is 15.2. The summed E-state index contributed by atoms with van der Waals surface area (Å²) in [7, 11) is 0. The third-order valence-electron chi connectivity index (χ3n) is 4.11. The van der Waals surface area contributed by atoms with Crippen LogP contribution in [0.1, 0.15) is 46.1 Å². The molecule has 1 heterocycles. The van der Waals surface area contributed by atoms with Gasteiger partial charge in [0.15, 0.2) is 5.69 Å². The summed E-state index contributed by atoms with van der Waals surface area (Å²) < 4.78 is 1.40. The molecule has 1 aliphatic carbocycles. The van der Waals surface area contributed by atoms with Crippen molar-refractivity contribution in [2.24, 2.45) is 0 Å². The van der Waals surface area contributed by atoms with Crippen LogP contribution >= 0.6 is 0 Å². The average Bonchev–Trinajstić information content (AvgIpc) is 3.24. The molecule has 0 radical (unpaired) electrons. The summed E-state index contributed by atoms with van der Waals surface area (Å²) >= 11 is 0. The molecule has 1 saturated carbocycles. The molecular weight excluding hydrogens is 296 g/mol. The number of anilines is 1. The Morgan fingerprint density at radius 1 is 1.35 bits per heavy atom. The third kappa shape index (κ3) is 3.08. The number of carboxylic acid groups (broad SMARTS) is 1. The Hall–Kier alpha value is -2.70. The zero-order valence-electron chi connectivity index (χ0n) is 13.0. The Morgan fingerprint density at radius 3 is 2.74 bits per heavy atom.